The van der Waals surface area contributed by atoms with E-state index in [1.54, 1.807) is 17.8 Å². The van der Waals surface area contributed by atoms with Crippen LogP contribution in [0.2, 0.25) is 0 Å². The molecule has 0 saturated heterocycles. The van der Waals surface area contributed by atoms with E-state index < -0.39 is 0 Å². The highest BCUT2D eigenvalue weighted by molar-refractivity contribution is 7.98. The SMILES string of the molecule is CSc1ncc2c(n1)CCN(Cc1cc(O)ccc1O)C2. The molecule has 0 aliphatic carbocycles. The molecular formula is C15H17N3O2S. The first-order chi connectivity index (χ1) is 10.2. The predicted molar refractivity (Wildman–Crippen MR) is 81.4 cm³/mol. The molecule has 0 bridgehead atoms. The van der Waals surface area contributed by atoms with Crippen molar-refractivity contribution in [1.29, 1.82) is 0 Å². The third-order valence-corrected chi connectivity index (χ3v) is 4.19. The second-order valence-electron chi connectivity index (χ2n) is 5.10. The zero-order valence-corrected chi connectivity index (χ0v) is 12.6. The Kier molecular flexibility index (Phi) is 3.98. The molecule has 6 heteroatoms. The largest absolute Gasteiger partial charge is 0.508 e. The molecule has 5 nitrogen and oxygen atoms in total. The van der Waals surface area contributed by atoms with Gasteiger partial charge in [-0.25, -0.2) is 9.97 Å². The highest BCUT2D eigenvalue weighted by atomic mass is 32.2. The predicted octanol–water partition coefficient (Wildman–Crippen LogP) is 2.17. The molecule has 0 unspecified atom stereocenters. The average Bonchev–Trinajstić information content (AvgIpc) is 2.50. The highest BCUT2D eigenvalue weighted by Gasteiger charge is 2.19. The minimum absolute atomic E-state index is 0.174. The van der Waals surface area contributed by atoms with Crippen molar-refractivity contribution in [3.05, 3.63) is 41.2 Å². The number of benzene rings is 1. The zero-order valence-electron chi connectivity index (χ0n) is 11.8. The van der Waals surface area contributed by atoms with Crippen LogP contribution >= 0.6 is 11.8 Å². The van der Waals surface area contributed by atoms with Crippen molar-refractivity contribution in [3.8, 4) is 11.5 Å². The van der Waals surface area contributed by atoms with Crippen LogP contribution in [0.4, 0.5) is 0 Å². The van der Waals surface area contributed by atoms with Gasteiger partial charge in [0.25, 0.3) is 0 Å². The lowest BCUT2D eigenvalue weighted by Gasteiger charge is -2.28. The monoisotopic (exact) mass is 303 g/mol. The standard InChI is InChI=1S/C15H17N3O2S/c1-21-15-16-7-11-9-18(5-4-13(11)17-15)8-10-6-12(19)2-3-14(10)20/h2-3,6-7,19-20H,4-5,8-9H2,1H3. The van der Waals surface area contributed by atoms with Crippen molar-refractivity contribution in [2.45, 2.75) is 24.7 Å². The molecule has 0 fully saturated rings. The smallest absolute Gasteiger partial charge is 0.187 e. The number of aromatic nitrogens is 2. The second-order valence-corrected chi connectivity index (χ2v) is 5.88. The molecule has 0 atom stereocenters. The van der Waals surface area contributed by atoms with Gasteiger partial charge >= 0.3 is 0 Å². The Morgan fingerprint density at radius 3 is 3.00 bits per heavy atom. The number of hydrogen-bond donors (Lipinski definition) is 2. The van der Waals surface area contributed by atoms with Gasteiger partial charge in [-0.3, -0.25) is 4.90 Å². The molecule has 0 saturated carbocycles. The Hall–Kier alpha value is -1.79. The van der Waals surface area contributed by atoms with Crippen molar-refractivity contribution in [2.75, 3.05) is 12.8 Å². The van der Waals surface area contributed by atoms with E-state index in [9.17, 15) is 10.2 Å². The number of nitrogens with zero attached hydrogens (tertiary/aromatic N) is 3. The molecule has 0 spiro atoms. The normalized spacial score (nSPS) is 14.9. The number of thioether (sulfide) groups is 1. The fourth-order valence-corrected chi connectivity index (χ4v) is 2.89. The maximum absolute atomic E-state index is 9.86. The highest BCUT2D eigenvalue weighted by Crippen LogP contribution is 2.26. The van der Waals surface area contributed by atoms with Crippen LogP contribution in [0.3, 0.4) is 0 Å². The molecule has 1 aromatic heterocycles. The third-order valence-electron chi connectivity index (χ3n) is 3.63. The van der Waals surface area contributed by atoms with Crippen LogP contribution < -0.4 is 0 Å². The van der Waals surface area contributed by atoms with E-state index in [0.29, 0.717) is 6.54 Å². The van der Waals surface area contributed by atoms with Crippen LogP contribution in [0.15, 0.2) is 29.6 Å². The van der Waals surface area contributed by atoms with Gasteiger partial charge in [-0.2, -0.15) is 0 Å². The molecule has 1 aliphatic rings. The lowest BCUT2D eigenvalue weighted by Crippen LogP contribution is -2.31. The number of aromatic hydroxyl groups is 2. The number of phenolic OH excluding ortho intramolecular Hbond substituents is 2. The summed E-state index contributed by atoms with van der Waals surface area (Å²) in [5.74, 6) is 0.390. The molecular weight excluding hydrogens is 286 g/mol. The Balaban J connectivity index is 1.76. The maximum atomic E-state index is 9.86. The molecule has 0 amide bonds. The van der Waals surface area contributed by atoms with E-state index in [0.717, 1.165) is 41.5 Å². The second kappa shape index (κ2) is 5.91. The molecule has 2 N–H and O–H groups in total. The summed E-state index contributed by atoms with van der Waals surface area (Å²) in [6.07, 6.45) is 4.75. The Bertz CT molecular complexity index is 663. The summed E-state index contributed by atoms with van der Waals surface area (Å²) in [5, 5.41) is 20.2. The fourth-order valence-electron chi connectivity index (χ4n) is 2.53. The summed E-state index contributed by atoms with van der Waals surface area (Å²) in [6.45, 7) is 2.25. The van der Waals surface area contributed by atoms with E-state index in [1.165, 1.54) is 12.1 Å². The van der Waals surface area contributed by atoms with Gasteiger partial charge in [-0.15, -0.1) is 0 Å². The molecule has 0 radical (unpaired) electrons. The van der Waals surface area contributed by atoms with Crippen LogP contribution in [-0.2, 0) is 19.5 Å². The maximum Gasteiger partial charge on any atom is 0.187 e. The van der Waals surface area contributed by atoms with Crippen molar-refractivity contribution < 1.29 is 10.2 Å². The molecule has 1 aromatic carbocycles. The van der Waals surface area contributed by atoms with Crippen molar-refractivity contribution >= 4 is 11.8 Å². The van der Waals surface area contributed by atoms with Gasteiger partial charge in [0.05, 0.1) is 5.69 Å². The summed E-state index contributed by atoms with van der Waals surface area (Å²) >= 11 is 1.55. The Morgan fingerprint density at radius 1 is 1.33 bits per heavy atom. The van der Waals surface area contributed by atoms with E-state index in [4.69, 9.17) is 0 Å². The van der Waals surface area contributed by atoms with E-state index in [-0.39, 0.29) is 11.5 Å². The molecule has 21 heavy (non-hydrogen) atoms. The number of hydrogen-bond acceptors (Lipinski definition) is 6. The van der Waals surface area contributed by atoms with Gasteiger partial charge in [-0.1, -0.05) is 11.8 Å². The van der Waals surface area contributed by atoms with Gasteiger partial charge in [0.2, 0.25) is 0 Å². The average molecular weight is 303 g/mol. The fraction of sp³-hybridized carbons (Fsp3) is 0.333. The topological polar surface area (TPSA) is 69.5 Å². The molecule has 2 aromatic rings. The molecule has 2 heterocycles. The van der Waals surface area contributed by atoms with Gasteiger partial charge in [-0.05, 0) is 24.5 Å². The third kappa shape index (κ3) is 3.11. The van der Waals surface area contributed by atoms with Gasteiger partial charge in [0.15, 0.2) is 5.16 Å². The summed E-state index contributed by atoms with van der Waals surface area (Å²) in [7, 11) is 0. The van der Waals surface area contributed by atoms with E-state index in [2.05, 4.69) is 14.9 Å². The summed E-state index contributed by atoms with van der Waals surface area (Å²) in [6, 6.07) is 4.62. The van der Waals surface area contributed by atoms with Crippen LogP contribution in [0.25, 0.3) is 0 Å². The van der Waals surface area contributed by atoms with Gasteiger partial charge in [0, 0.05) is 43.4 Å². The Labute approximate surface area is 127 Å². The quantitative estimate of drug-likeness (QED) is 0.514. The first-order valence-electron chi connectivity index (χ1n) is 6.77. The van der Waals surface area contributed by atoms with Gasteiger partial charge in [0.1, 0.15) is 11.5 Å². The number of fused-ring (bicyclic) bond motifs is 1. The van der Waals surface area contributed by atoms with Crippen LogP contribution in [0.1, 0.15) is 16.8 Å². The summed E-state index contributed by atoms with van der Waals surface area (Å²) in [4.78, 5) is 11.1. The van der Waals surface area contributed by atoms with E-state index >= 15 is 0 Å². The first kappa shape index (κ1) is 14.2. The molecule has 3 rings (SSSR count). The minimum Gasteiger partial charge on any atom is -0.508 e. The molecule has 1 aliphatic heterocycles. The van der Waals surface area contributed by atoms with Crippen LogP contribution in [-0.4, -0.2) is 37.9 Å². The lowest BCUT2D eigenvalue weighted by atomic mass is 10.1. The van der Waals surface area contributed by atoms with Crippen LogP contribution in [0, 0.1) is 0 Å². The van der Waals surface area contributed by atoms with Crippen molar-refractivity contribution in [3.63, 3.8) is 0 Å². The Morgan fingerprint density at radius 2 is 2.19 bits per heavy atom. The zero-order chi connectivity index (χ0) is 14.8. The summed E-state index contributed by atoms with van der Waals surface area (Å²) in [5.41, 5.74) is 2.99. The minimum atomic E-state index is 0.174. The molecule has 110 valence electrons. The van der Waals surface area contributed by atoms with E-state index in [1.807, 2.05) is 12.5 Å². The van der Waals surface area contributed by atoms with Crippen molar-refractivity contribution in [2.24, 2.45) is 0 Å². The number of rotatable bonds is 3. The first-order valence-corrected chi connectivity index (χ1v) is 8.00. The van der Waals surface area contributed by atoms with Crippen LogP contribution in [0.5, 0.6) is 11.5 Å². The summed E-state index contributed by atoms with van der Waals surface area (Å²) < 4.78 is 0. The lowest BCUT2D eigenvalue weighted by molar-refractivity contribution is 0.238. The van der Waals surface area contributed by atoms with Gasteiger partial charge < -0.3 is 10.2 Å². The van der Waals surface area contributed by atoms with Crippen molar-refractivity contribution in [1.82, 2.24) is 14.9 Å². The number of phenols is 2.